The van der Waals surface area contributed by atoms with E-state index in [1.807, 2.05) is 0 Å². The fourth-order valence-electron chi connectivity index (χ4n) is 3.59. The van der Waals surface area contributed by atoms with E-state index in [2.05, 4.69) is 19.9 Å². The maximum absolute atomic E-state index is 14.5. The summed E-state index contributed by atoms with van der Waals surface area (Å²) >= 11 is 0. The summed E-state index contributed by atoms with van der Waals surface area (Å²) in [6.07, 6.45) is 2.23. The number of amides is 1. The lowest BCUT2D eigenvalue weighted by Crippen LogP contribution is -2.32. The SMILES string of the molecule is COc1ccnc(CN2CCc3c(-c4ccc(O)cc4F)cc(C(N)=O)nc3C2)n1. The van der Waals surface area contributed by atoms with Crippen LogP contribution in [0.5, 0.6) is 11.6 Å². The Bertz CT molecular complexity index is 1120. The van der Waals surface area contributed by atoms with E-state index in [0.717, 1.165) is 11.6 Å². The number of phenols is 1. The molecule has 4 rings (SSSR count). The Morgan fingerprint density at radius 2 is 2.10 bits per heavy atom. The number of nitrogens with two attached hydrogens (primary N) is 1. The van der Waals surface area contributed by atoms with Crippen LogP contribution in [-0.4, -0.2) is 44.5 Å². The van der Waals surface area contributed by atoms with Gasteiger partial charge in [0, 0.05) is 37.0 Å². The Morgan fingerprint density at radius 1 is 1.27 bits per heavy atom. The molecule has 0 radical (unpaired) electrons. The first-order valence-corrected chi connectivity index (χ1v) is 9.34. The lowest BCUT2D eigenvalue weighted by atomic mass is 9.92. The number of nitrogens with zero attached hydrogens (tertiary/aromatic N) is 4. The molecular weight excluding hydrogens is 389 g/mol. The van der Waals surface area contributed by atoms with Gasteiger partial charge in [-0.2, -0.15) is 4.98 Å². The molecule has 1 aliphatic heterocycles. The fraction of sp³-hybridized carbons (Fsp3) is 0.238. The van der Waals surface area contributed by atoms with Crippen molar-refractivity contribution in [2.24, 2.45) is 5.73 Å². The summed E-state index contributed by atoms with van der Waals surface area (Å²) in [7, 11) is 1.54. The number of benzene rings is 1. The first kappa shape index (κ1) is 19.7. The number of carbonyl (C=O) groups is 1. The van der Waals surface area contributed by atoms with Crippen LogP contribution in [-0.2, 0) is 19.5 Å². The van der Waals surface area contributed by atoms with Crippen molar-refractivity contribution in [3.8, 4) is 22.8 Å². The fourth-order valence-corrected chi connectivity index (χ4v) is 3.59. The van der Waals surface area contributed by atoms with Gasteiger partial charge in [-0.05, 0) is 35.7 Å². The number of aromatic nitrogens is 3. The Balaban J connectivity index is 1.69. The topological polar surface area (TPSA) is 114 Å². The molecule has 0 unspecified atom stereocenters. The molecule has 1 aromatic carbocycles. The van der Waals surface area contributed by atoms with Crippen LogP contribution in [0.1, 0.15) is 27.6 Å². The molecule has 0 aliphatic carbocycles. The third kappa shape index (κ3) is 3.92. The minimum Gasteiger partial charge on any atom is -0.508 e. The Kier molecular flexibility index (Phi) is 5.28. The number of fused-ring (bicyclic) bond motifs is 1. The standard InChI is InChI=1S/C21H20FN5O3/c1-30-20-4-6-24-19(26-20)11-27-7-5-14-15(13-3-2-12(28)8-16(13)22)9-17(21(23)29)25-18(14)10-27/h2-4,6,8-9,28H,5,7,10-11H2,1H3,(H2,23,29). The van der Waals surface area contributed by atoms with E-state index in [1.54, 1.807) is 19.4 Å². The third-order valence-corrected chi connectivity index (χ3v) is 5.01. The minimum atomic E-state index is -0.688. The van der Waals surface area contributed by atoms with Crippen molar-refractivity contribution in [1.82, 2.24) is 19.9 Å². The number of hydrogen-bond acceptors (Lipinski definition) is 7. The first-order valence-electron chi connectivity index (χ1n) is 9.34. The van der Waals surface area contributed by atoms with Gasteiger partial charge in [-0.3, -0.25) is 9.69 Å². The highest BCUT2D eigenvalue weighted by molar-refractivity contribution is 5.92. The summed E-state index contributed by atoms with van der Waals surface area (Å²) in [6.45, 7) is 1.59. The number of hydrogen-bond donors (Lipinski definition) is 2. The van der Waals surface area contributed by atoms with Crippen LogP contribution in [0.3, 0.4) is 0 Å². The maximum atomic E-state index is 14.5. The molecule has 154 valence electrons. The molecule has 0 fully saturated rings. The predicted molar refractivity (Wildman–Crippen MR) is 106 cm³/mol. The summed E-state index contributed by atoms with van der Waals surface area (Å²) in [4.78, 5) is 26.9. The van der Waals surface area contributed by atoms with Crippen molar-refractivity contribution in [3.05, 3.63) is 65.1 Å². The average molecular weight is 409 g/mol. The average Bonchev–Trinajstić information content (AvgIpc) is 2.73. The number of rotatable bonds is 5. The highest BCUT2D eigenvalue weighted by Gasteiger charge is 2.25. The summed E-state index contributed by atoms with van der Waals surface area (Å²) in [6, 6.07) is 7.12. The predicted octanol–water partition coefficient (Wildman–Crippen LogP) is 2.05. The molecule has 0 spiro atoms. The molecule has 0 bridgehead atoms. The number of halogens is 1. The molecule has 1 amide bonds. The number of primary amides is 1. The molecule has 2 aromatic heterocycles. The monoisotopic (exact) mass is 409 g/mol. The summed E-state index contributed by atoms with van der Waals surface area (Å²) in [5.74, 6) is -0.346. The summed E-state index contributed by atoms with van der Waals surface area (Å²) in [5, 5.41) is 9.52. The van der Waals surface area contributed by atoms with Gasteiger partial charge < -0.3 is 15.6 Å². The van der Waals surface area contributed by atoms with Crippen LogP contribution < -0.4 is 10.5 Å². The maximum Gasteiger partial charge on any atom is 0.267 e. The third-order valence-electron chi connectivity index (χ3n) is 5.01. The second-order valence-electron chi connectivity index (χ2n) is 6.98. The molecule has 3 aromatic rings. The largest absolute Gasteiger partial charge is 0.508 e. The van der Waals surface area contributed by atoms with Crippen molar-refractivity contribution < 1.29 is 19.0 Å². The van der Waals surface area contributed by atoms with Gasteiger partial charge >= 0.3 is 0 Å². The van der Waals surface area contributed by atoms with Gasteiger partial charge in [0.05, 0.1) is 19.3 Å². The molecule has 8 nitrogen and oxygen atoms in total. The number of carbonyl (C=O) groups excluding carboxylic acids is 1. The van der Waals surface area contributed by atoms with E-state index in [1.165, 1.54) is 18.2 Å². The van der Waals surface area contributed by atoms with E-state index in [0.29, 0.717) is 54.6 Å². The van der Waals surface area contributed by atoms with Crippen LogP contribution in [0.2, 0.25) is 0 Å². The molecular formula is C21H20FN5O3. The highest BCUT2D eigenvalue weighted by atomic mass is 19.1. The van der Waals surface area contributed by atoms with E-state index in [9.17, 15) is 14.3 Å². The highest BCUT2D eigenvalue weighted by Crippen LogP contribution is 2.33. The second kappa shape index (κ2) is 8.03. The van der Waals surface area contributed by atoms with Crippen LogP contribution in [0.15, 0.2) is 36.5 Å². The van der Waals surface area contributed by atoms with Gasteiger partial charge in [0.2, 0.25) is 5.88 Å². The number of aromatic hydroxyl groups is 1. The van der Waals surface area contributed by atoms with Gasteiger partial charge in [0.15, 0.2) is 0 Å². The van der Waals surface area contributed by atoms with Crippen LogP contribution in [0.25, 0.3) is 11.1 Å². The van der Waals surface area contributed by atoms with Crippen molar-refractivity contribution in [3.63, 3.8) is 0 Å². The van der Waals surface area contributed by atoms with Gasteiger partial charge in [0.25, 0.3) is 5.91 Å². The van der Waals surface area contributed by atoms with E-state index in [4.69, 9.17) is 10.5 Å². The van der Waals surface area contributed by atoms with Gasteiger partial charge in [0.1, 0.15) is 23.1 Å². The Morgan fingerprint density at radius 3 is 2.83 bits per heavy atom. The van der Waals surface area contributed by atoms with Crippen LogP contribution in [0.4, 0.5) is 4.39 Å². The lowest BCUT2D eigenvalue weighted by Gasteiger charge is -2.29. The Hall–Kier alpha value is -3.59. The molecule has 3 heterocycles. The summed E-state index contributed by atoms with van der Waals surface area (Å²) < 4.78 is 19.7. The zero-order valence-corrected chi connectivity index (χ0v) is 16.3. The molecule has 9 heteroatoms. The molecule has 1 aliphatic rings. The molecule has 0 saturated carbocycles. The van der Waals surface area contributed by atoms with Crippen molar-refractivity contribution in [2.45, 2.75) is 19.5 Å². The van der Waals surface area contributed by atoms with Crippen LogP contribution in [0, 0.1) is 5.82 Å². The van der Waals surface area contributed by atoms with E-state index >= 15 is 0 Å². The smallest absolute Gasteiger partial charge is 0.267 e. The first-order chi connectivity index (χ1) is 14.4. The quantitative estimate of drug-likeness (QED) is 0.663. The van der Waals surface area contributed by atoms with E-state index < -0.39 is 11.7 Å². The van der Waals surface area contributed by atoms with Crippen molar-refractivity contribution in [2.75, 3.05) is 13.7 Å². The summed E-state index contributed by atoms with van der Waals surface area (Å²) in [5.41, 5.74) is 7.89. The number of ether oxygens (including phenoxy) is 1. The molecule has 30 heavy (non-hydrogen) atoms. The van der Waals surface area contributed by atoms with Crippen molar-refractivity contribution in [1.29, 1.82) is 0 Å². The zero-order chi connectivity index (χ0) is 21.3. The van der Waals surface area contributed by atoms with Crippen molar-refractivity contribution >= 4 is 5.91 Å². The number of methoxy groups -OCH3 is 1. The number of phenolic OH excluding ortho intramolecular Hbond substituents is 1. The minimum absolute atomic E-state index is 0.0655. The van der Waals surface area contributed by atoms with E-state index in [-0.39, 0.29) is 11.4 Å². The number of pyridine rings is 1. The second-order valence-corrected chi connectivity index (χ2v) is 6.98. The van der Waals surface area contributed by atoms with Crippen LogP contribution >= 0.6 is 0 Å². The Labute approximate surface area is 172 Å². The lowest BCUT2D eigenvalue weighted by molar-refractivity contribution is 0.0994. The normalized spacial score (nSPS) is 13.7. The van der Waals surface area contributed by atoms with Gasteiger partial charge in [-0.25, -0.2) is 14.4 Å². The van der Waals surface area contributed by atoms with Gasteiger partial charge in [-0.15, -0.1) is 0 Å². The molecule has 0 saturated heterocycles. The van der Waals surface area contributed by atoms with Gasteiger partial charge in [-0.1, -0.05) is 0 Å². The molecule has 0 atom stereocenters. The molecule has 3 N–H and O–H groups in total. The zero-order valence-electron chi connectivity index (χ0n) is 16.3.